The third-order valence-electron chi connectivity index (χ3n) is 10.6. The van der Waals surface area contributed by atoms with Crippen LogP contribution >= 0.6 is 0 Å². The third kappa shape index (κ3) is 13.0. The van der Waals surface area contributed by atoms with Crippen LogP contribution in [0.1, 0.15) is 64.5 Å². The van der Waals surface area contributed by atoms with Gasteiger partial charge in [0.15, 0.2) is 18.5 Å². The molecule has 12 atom stereocenters. The van der Waals surface area contributed by atoms with Gasteiger partial charge in [-0.1, -0.05) is 87.1 Å². The van der Waals surface area contributed by atoms with E-state index in [-0.39, 0.29) is 29.9 Å². The molecule has 8 N–H and O–H groups in total. The Hall–Kier alpha value is -4.46. The maximum atomic E-state index is 13.4. The highest BCUT2D eigenvalue weighted by atomic mass is 16.8. The van der Waals surface area contributed by atoms with Gasteiger partial charge in [-0.2, -0.15) is 0 Å². The van der Waals surface area contributed by atoms with Gasteiger partial charge in [-0.05, 0) is 56.2 Å². The zero-order valence-electron chi connectivity index (χ0n) is 34.8. The zero-order chi connectivity index (χ0) is 44.7. The van der Waals surface area contributed by atoms with Gasteiger partial charge in [-0.15, -0.1) is 0 Å². The minimum atomic E-state index is -2.27. The molecular formula is C45H60O16. The van der Waals surface area contributed by atoms with Crippen LogP contribution in [-0.4, -0.2) is 127 Å². The predicted octanol–water partition coefficient (Wildman–Crippen LogP) is 3.06. The van der Waals surface area contributed by atoms with E-state index < -0.39 is 97.9 Å². The van der Waals surface area contributed by atoms with Crippen molar-refractivity contribution in [1.29, 1.82) is 0 Å². The molecule has 0 aromatic heterocycles. The first kappa shape index (κ1) is 49.2. The number of aromatic hydroxyl groups is 2. The Labute approximate surface area is 355 Å². The number of carbonyl (C=O) groups is 2. The highest BCUT2D eigenvalue weighted by Crippen LogP contribution is 2.51. The Bertz CT molecular complexity index is 1810. The number of ether oxygens (including phenoxy) is 6. The fourth-order valence-corrected chi connectivity index (χ4v) is 6.87. The molecule has 2 fully saturated rings. The summed E-state index contributed by atoms with van der Waals surface area (Å²) in [4.78, 5) is 25.7. The van der Waals surface area contributed by atoms with Gasteiger partial charge in [0.05, 0.1) is 24.9 Å². The van der Waals surface area contributed by atoms with E-state index in [9.17, 15) is 50.4 Å². The van der Waals surface area contributed by atoms with E-state index in [2.05, 4.69) is 19.9 Å². The minimum Gasteiger partial charge on any atom is -0.508 e. The number of aliphatic hydroxyl groups is 6. The number of carbonyl (C=O) groups excluding carboxylic acids is 2. The maximum Gasteiger partial charge on any atom is 0.331 e. The number of fused-ring (bicyclic) bond motifs is 2. The van der Waals surface area contributed by atoms with Crippen LogP contribution < -0.4 is 0 Å². The Morgan fingerprint density at radius 1 is 0.918 bits per heavy atom. The van der Waals surface area contributed by atoms with E-state index in [0.717, 1.165) is 43.1 Å². The maximum absolute atomic E-state index is 13.4. The lowest BCUT2D eigenvalue weighted by molar-refractivity contribution is -0.395. The van der Waals surface area contributed by atoms with Crippen LogP contribution in [0.2, 0.25) is 0 Å². The van der Waals surface area contributed by atoms with Crippen LogP contribution in [0.5, 0.6) is 11.5 Å². The largest absolute Gasteiger partial charge is 0.508 e. The van der Waals surface area contributed by atoms with Gasteiger partial charge in [-0.25, -0.2) is 9.59 Å². The van der Waals surface area contributed by atoms with E-state index >= 15 is 0 Å². The number of phenols is 2. The topological polar surface area (TPSA) is 251 Å². The zero-order valence-corrected chi connectivity index (χ0v) is 34.8. The summed E-state index contributed by atoms with van der Waals surface area (Å²) >= 11 is 0. The van der Waals surface area contributed by atoms with Crippen LogP contribution in [-0.2, 0) is 50.4 Å². The summed E-state index contributed by atoms with van der Waals surface area (Å²) in [5.41, 5.74) is 0.857. The molecule has 0 saturated carbocycles. The van der Waals surface area contributed by atoms with Crippen LogP contribution in [0.25, 0.3) is 0 Å². The van der Waals surface area contributed by atoms with Crippen LogP contribution in [0.4, 0.5) is 0 Å². The summed E-state index contributed by atoms with van der Waals surface area (Å²) in [5.74, 6) is -4.31. The second-order valence-electron chi connectivity index (χ2n) is 15.1. The second kappa shape index (κ2) is 23.7. The number of hydrogen-bond donors (Lipinski definition) is 8. The first-order valence-corrected chi connectivity index (χ1v) is 20.4. The van der Waals surface area contributed by atoms with Gasteiger partial charge in [0, 0.05) is 18.2 Å². The molecule has 1 aromatic carbocycles. The number of esters is 2. The molecule has 1 aromatic rings. The smallest absolute Gasteiger partial charge is 0.331 e. The molecule has 0 bridgehead atoms. The molecular weight excluding hydrogens is 796 g/mol. The molecule has 3 heterocycles. The molecule has 0 amide bonds. The Balaban J connectivity index is 1.53. The van der Waals surface area contributed by atoms with Gasteiger partial charge in [0.2, 0.25) is 5.79 Å². The van der Waals surface area contributed by atoms with E-state index in [4.69, 9.17) is 28.4 Å². The second-order valence-corrected chi connectivity index (χ2v) is 15.1. The van der Waals surface area contributed by atoms with Crippen LogP contribution in [0.3, 0.4) is 0 Å². The van der Waals surface area contributed by atoms with E-state index in [1.165, 1.54) is 24.3 Å². The van der Waals surface area contributed by atoms with Gasteiger partial charge < -0.3 is 69.3 Å². The molecule has 4 rings (SSSR count). The number of benzene rings is 1. The van der Waals surface area contributed by atoms with Gasteiger partial charge in [0.25, 0.3) is 0 Å². The summed E-state index contributed by atoms with van der Waals surface area (Å²) in [6, 6.07) is 2.26. The monoisotopic (exact) mass is 856 g/mol. The number of rotatable bonds is 19. The molecule has 336 valence electrons. The highest BCUT2D eigenvalue weighted by Gasteiger charge is 2.63. The lowest BCUT2D eigenvalue weighted by Gasteiger charge is -2.50. The minimum absolute atomic E-state index is 0.112. The van der Waals surface area contributed by atoms with Gasteiger partial charge >= 0.3 is 11.9 Å². The van der Waals surface area contributed by atoms with Crippen molar-refractivity contribution in [3.63, 3.8) is 0 Å². The lowest BCUT2D eigenvalue weighted by atomic mass is 9.86. The van der Waals surface area contributed by atoms with Crippen LogP contribution in [0, 0.1) is 5.92 Å². The molecule has 0 radical (unpaired) electrons. The van der Waals surface area contributed by atoms with Crippen molar-refractivity contribution >= 4 is 11.9 Å². The average Bonchev–Trinajstić information content (AvgIpc) is 3.60. The average molecular weight is 857 g/mol. The summed E-state index contributed by atoms with van der Waals surface area (Å²) < 4.78 is 34.6. The molecule has 2 saturated heterocycles. The Morgan fingerprint density at radius 3 is 2.36 bits per heavy atom. The quantitative estimate of drug-likeness (QED) is 0.0566. The summed E-state index contributed by atoms with van der Waals surface area (Å²) in [6.07, 6.45) is 7.29. The summed E-state index contributed by atoms with van der Waals surface area (Å²) in [7, 11) is 0. The molecule has 61 heavy (non-hydrogen) atoms. The molecule has 3 aliphatic heterocycles. The predicted molar refractivity (Wildman–Crippen MR) is 220 cm³/mol. The van der Waals surface area contributed by atoms with Crippen molar-refractivity contribution in [1.82, 2.24) is 0 Å². The number of phenolic OH excluding ortho intramolecular Hbond substituents is 2. The summed E-state index contributed by atoms with van der Waals surface area (Å²) in [6.45, 7) is 6.23. The van der Waals surface area contributed by atoms with Gasteiger partial charge in [0.1, 0.15) is 54.7 Å². The first-order chi connectivity index (χ1) is 29.2. The third-order valence-corrected chi connectivity index (χ3v) is 10.6. The van der Waals surface area contributed by atoms with Crippen LogP contribution in [0.15, 0.2) is 96.7 Å². The molecule has 16 nitrogen and oxygen atoms in total. The molecule has 16 heteroatoms. The summed E-state index contributed by atoms with van der Waals surface area (Å²) in [5, 5.41) is 86.5. The highest BCUT2D eigenvalue weighted by molar-refractivity contribution is 5.82. The van der Waals surface area contributed by atoms with Crippen molar-refractivity contribution < 1.29 is 78.9 Å². The number of aliphatic hydroxyl groups excluding tert-OH is 6. The van der Waals surface area contributed by atoms with Crippen molar-refractivity contribution in [2.45, 2.75) is 127 Å². The van der Waals surface area contributed by atoms with Crippen molar-refractivity contribution in [3.05, 3.63) is 108 Å². The molecule has 12 unspecified atom stereocenters. The van der Waals surface area contributed by atoms with Gasteiger partial charge in [-0.3, -0.25) is 0 Å². The lowest BCUT2D eigenvalue weighted by Crippen LogP contribution is -2.67. The van der Waals surface area contributed by atoms with Crippen molar-refractivity contribution in [2.75, 3.05) is 13.2 Å². The Morgan fingerprint density at radius 2 is 1.64 bits per heavy atom. The fraction of sp³-hybridized carbons (Fsp3) is 0.511. The molecule has 1 spiro atoms. The number of hydrogen-bond acceptors (Lipinski definition) is 16. The molecule has 0 aliphatic carbocycles. The standard InChI is InChI=1S/C45H60O16/c1-5-7-8-9-15-20-35(50)56-26-34-38(52)39(53)40(54)44(58-34)60-41-33(24-46)61-45(37-29(25-57-45)22-30(47)23-32(37)49)43(55)42(41)59-36(51)21-16-11-14-19-31(48)28(4)18-13-10-12-17-27(3)6-2/h5,7-11,13-16,18,20-23,27,31,33-34,38-44,46-49,52-55H,6,12,17,19,24-26H2,1-4H3. The normalized spacial score (nSPS) is 30.7. The fourth-order valence-electron chi connectivity index (χ4n) is 6.87. The van der Waals surface area contributed by atoms with E-state index in [1.54, 1.807) is 30.4 Å². The molecule has 3 aliphatic rings. The SMILES string of the molecule is CC=CC=CC=CC(=O)OCC1OC(OC2C(CO)OC3(OCc4cc(O)cc(O)c43)C(O)C2OC(=O)C=CC=CCC(O)C(C)=CC=CCCC(C)CC)C(O)C(O)C1O. The van der Waals surface area contributed by atoms with Crippen molar-refractivity contribution in [2.24, 2.45) is 5.92 Å². The van der Waals surface area contributed by atoms with E-state index in [0.29, 0.717) is 5.92 Å². The number of allylic oxidation sites excluding steroid dienone is 10. The van der Waals surface area contributed by atoms with E-state index in [1.807, 2.05) is 26.0 Å². The first-order valence-electron chi connectivity index (χ1n) is 20.4. The Kier molecular flexibility index (Phi) is 19.1. The van der Waals surface area contributed by atoms with Crippen molar-refractivity contribution in [3.8, 4) is 11.5 Å².